The molecule has 1 N–H and O–H groups in total. The molecular weight excluding hydrogens is 214 g/mol. The zero-order valence-electron chi connectivity index (χ0n) is 10.9. The Morgan fingerprint density at radius 1 is 1.35 bits per heavy atom. The number of aryl methyl sites for hydroxylation is 1. The summed E-state index contributed by atoms with van der Waals surface area (Å²) < 4.78 is 0. The van der Waals surface area contributed by atoms with E-state index in [0.717, 1.165) is 24.2 Å². The van der Waals surface area contributed by atoms with Crippen molar-refractivity contribution in [2.24, 2.45) is 0 Å². The summed E-state index contributed by atoms with van der Waals surface area (Å²) in [5.74, 6) is -0.855. The Labute approximate surface area is 103 Å². The molecule has 94 valence electrons. The summed E-state index contributed by atoms with van der Waals surface area (Å²) in [5.41, 5.74) is 2.45. The van der Waals surface area contributed by atoms with Gasteiger partial charge >= 0.3 is 5.97 Å². The van der Waals surface area contributed by atoms with Gasteiger partial charge in [-0.05, 0) is 50.2 Å². The summed E-state index contributed by atoms with van der Waals surface area (Å²) in [5, 5.41) is 9.00. The lowest BCUT2D eigenvalue weighted by atomic mass is 10.1. The smallest absolute Gasteiger partial charge is 0.335 e. The Morgan fingerprint density at radius 3 is 2.65 bits per heavy atom. The van der Waals surface area contributed by atoms with Crippen molar-refractivity contribution < 1.29 is 9.90 Å². The van der Waals surface area contributed by atoms with Crippen LogP contribution >= 0.6 is 0 Å². The summed E-state index contributed by atoms with van der Waals surface area (Å²) >= 11 is 0. The number of unbranched alkanes of at least 4 members (excludes halogenated alkanes) is 1. The fourth-order valence-corrected chi connectivity index (χ4v) is 1.90. The largest absolute Gasteiger partial charge is 0.478 e. The second kappa shape index (κ2) is 6.40. The van der Waals surface area contributed by atoms with E-state index in [2.05, 4.69) is 24.9 Å². The van der Waals surface area contributed by atoms with Gasteiger partial charge in [0.2, 0.25) is 0 Å². The molecule has 0 unspecified atom stereocenters. The van der Waals surface area contributed by atoms with E-state index in [4.69, 9.17) is 5.11 Å². The number of hydrogen-bond acceptors (Lipinski definition) is 2. The summed E-state index contributed by atoms with van der Waals surface area (Å²) in [6.45, 7) is 5.96. The number of benzene rings is 1. The first-order valence-electron chi connectivity index (χ1n) is 6.05. The van der Waals surface area contributed by atoms with Crippen molar-refractivity contribution in [1.82, 2.24) is 4.90 Å². The molecule has 0 amide bonds. The van der Waals surface area contributed by atoms with Crippen LogP contribution in [-0.2, 0) is 6.54 Å². The average molecular weight is 235 g/mol. The third kappa shape index (κ3) is 4.57. The second-order valence-electron chi connectivity index (χ2n) is 4.60. The van der Waals surface area contributed by atoms with Gasteiger partial charge < -0.3 is 10.0 Å². The van der Waals surface area contributed by atoms with Crippen LogP contribution in [0.15, 0.2) is 18.2 Å². The first-order chi connectivity index (χ1) is 8.02. The fraction of sp³-hybridized carbons (Fsp3) is 0.500. The van der Waals surface area contributed by atoms with Crippen LogP contribution in [0.2, 0.25) is 0 Å². The number of carboxylic acid groups (broad SMARTS) is 1. The van der Waals surface area contributed by atoms with Gasteiger partial charge in [-0.15, -0.1) is 0 Å². The zero-order chi connectivity index (χ0) is 12.8. The minimum absolute atomic E-state index is 0.379. The summed E-state index contributed by atoms with van der Waals surface area (Å²) in [4.78, 5) is 13.2. The Hall–Kier alpha value is -1.35. The zero-order valence-corrected chi connectivity index (χ0v) is 10.9. The number of nitrogens with zero attached hydrogens (tertiary/aromatic N) is 1. The Morgan fingerprint density at radius 2 is 2.06 bits per heavy atom. The maximum absolute atomic E-state index is 10.9. The molecule has 0 spiro atoms. The van der Waals surface area contributed by atoms with Gasteiger partial charge in [-0.1, -0.05) is 19.4 Å². The lowest BCUT2D eigenvalue weighted by molar-refractivity contribution is 0.0696. The van der Waals surface area contributed by atoms with E-state index in [1.165, 1.54) is 12.8 Å². The van der Waals surface area contributed by atoms with Crippen LogP contribution in [0, 0.1) is 6.92 Å². The Kier molecular flexibility index (Phi) is 5.16. The van der Waals surface area contributed by atoms with Gasteiger partial charge in [0.1, 0.15) is 0 Å². The predicted molar refractivity (Wildman–Crippen MR) is 69.4 cm³/mol. The molecule has 0 aliphatic rings. The van der Waals surface area contributed by atoms with Crippen molar-refractivity contribution >= 4 is 5.97 Å². The van der Waals surface area contributed by atoms with E-state index >= 15 is 0 Å². The third-order valence-electron chi connectivity index (χ3n) is 2.73. The van der Waals surface area contributed by atoms with Gasteiger partial charge in [-0.25, -0.2) is 4.79 Å². The van der Waals surface area contributed by atoms with Gasteiger partial charge in [0, 0.05) is 6.54 Å². The number of aromatic carboxylic acids is 1. The molecule has 0 aliphatic carbocycles. The molecule has 0 bridgehead atoms. The highest BCUT2D eigenvalue weighted by Gasteiger charge is 2.07. The molecule has 0 saturated carbocycles. The molecule has 0 atom stereocenters. The topological polar surface area (TPSA) is 40.5 Å². The minimum Gasteiger partial charge on any atom is -0.478 e. The van der Waals surface area contributed by atoms with E-state index in [0.29, 0.717) is 5.56 Å². The van der Waals surface area contributed by atoms with Crippen LogP contribution in [0.1, 0.15) is 41.3 Å². The highest BCUT2D eigenvalue weighted by molar-refractivity contribution is 5.88. The first-order valence-corrected chi connectivity index (χ1v) is 6.05. The lowest BCUT2D eigenvalue weighted by Gasteiger charge is -2.16. The Bertz CT molecular complexity index is 388. The minimum atomic E-state index is -0.855. The van der Waals surface area contributed by atoms with Gasteiger partial charge in [0.15, 0.2) is 0 Å². The van der Waals surface area contributed by atoms with Crippen molar-refractivity contribution in [1.29, 1.82) is 0 Å². The lowest BCUT2D eigenvalue weighted by Crippen LogP contribution is -2.19. The first kappa shape index (κ1) is 13.7. The predicted octanol–water partition coefficient (Wildman–Crippen LogP) is 2.93. The molecule has 1 rings (SSSR count). The number of carbonyl (C=O) groups is 1. The molecule has 0 fully saturated rings. The second-order valence-corrected chi connectivity index (χ2v) is 4.60. The molecular formula is C14H21NO2. The van der Waals surface area contributed by atoms with E-state index < -0.39 is 5.97 Å². The monoisotopic (exact) mass is 235 g/mol. The van der Waals surface area contributed by atoms with Crippen LogP contribution < -0.4 is 0 Å². The quantitative estimate of drug-likeness (QED) is 0.824. The summed E-state index contributed by atoms with van der Waals surface area (Å²) in [6, 6.07) is 5.52. The van der Waals surface area contributed by atoms with Crippen molar-refractivity contribution in [2.45, 2.75) is 33.2 Å². The normalized spacial score (nSPS) is 10.8. The highest BCUT2D eigenvalue weighted by atomic mass is 16.4. The van der Waals surface area contributed by atoms with Crippen molar-refractivity contribution in [3.8, 4) is 0 Å². The Balaban J connectivity index is 2.73. The van der Waals surface area contributed by atoms with Crippen LogP contribution in [0.25, 0.3) is 0 Å². The third-order valence-corrected chi connectivity index (χ3v) is 2.73. The van der Waals surface area contributed by atoms with E-state index in [1.807, 2.05) is 6.92 Å². The van der Waals surface area contributed by atoms with Gasteiger partial charge in [-0.3, -0.25) is 0 Å². The van der Waals surface area contributed by atoms with Gasteiger partial charge in [-0.2, -0.15) is 0 Å². The SMILES string of the molecule is CCCCN(C)Cc1cc(C)cc(C(=O)O)c1. The van der Waals surface area contributed by atoms with E-state index in [1.54, 1.807) is 12.1 Å². The average Bonchev–Trinajstić information content (AvgIpc) is 2.25. The standard InChI is InChI=1S/C14H21NO2/c1-4-5-6-15(3)10-12-7-11(2)8-13(9-12)14(16)17/h7-9H,4-6,10H2,1-3H3,(H,16,17). The molecule has 1 aromatic rings. The van der Waals surface area contributed by atoms with Crippen LogP contribution in [0.5, 0.6) is 0 Å². The highest BCUT2D eigenvalue weighted by Crippen LogP contribution is 2.12. The molecule has 0 radical (unpaired) electrons. The molecule has 0 aromatic heterocycles. The molecule has 0 heterocycles. The molecule has 0 saturated heterocycles. The summed E-state index contributed by atoms with van der Waals surface area (Å²) in [7, 11) is 2.07. The molecule has 3 heteroatoms. The van der Waals surface area contributed by atoms with Gasteiger partial charge in [0.25, 0.3) is 0 Å². The molecule has 3 nitrogen and oxygen atoms in total. The van der Waals surface area contributed by atoms with E-state index in [-0.39, 0.29) is 0 Å². The maximum atomic E-state index is 10.9. The molecule has 1 aromatic carbocycles. The van der Waals surface area contributed by atoms with Crippen molar-refractivity contribution in [3.05, 3.63) is 34.9 Å². The van der Waals surface area contributed by atoms with Crippen molar-refractivity contribution in [2.75, 3.05) is 13.6 Å². The van der Waals surface area contributed by atoms with Crippen LogP contribution in [-0.4, -0.2) is 29.6 Å². The van der Waals surface area contributed by atoms with Crippen LogP contribution in [0.4, 0.5) is 0 Å². The number of carboxylic acids is 1. The molecule has 0 aliphatic heterocycles. The summed E-state index contributed by atoms with van der Waals surface area (Å²) in [6.07, 6.45) is 2.35. The van der Waals surface area contributed by atoms with Gasteiger partial charge in [0.05, 0.1) is 5.56 Å². The van der Waals surface area contributed by atoms with Crippen LogP contribution in [0.3, 0.4) is 0 Å². The molecule has 17 heavy (non-hydrogen) atoms. The number of hydrogen-bond donors (Lipinski definition) is 1. The van der Waals surface area contributed by atoms with E-state index in [9.17, 15) is 4.79 Å². The maximum Gasteiger partial charge on any atom is 0.335 e. The number of rotatable bonds is 6. The van der Waals surface area contributed by atoms with Crippen molar-refractivity contribution in [3.63, 3.8) is 0 Å². The fourth-order valence-electron chi connectivity index (χ4n) is 1.90.